The zero-order valence-electron chi connectivity index (χ0n) is 14.3. The normalized spacial score (nSPS) is 17.1. The van der Waals surface area contributed by atoms with Gasteiger partial charge in [0, 0.05) is 25.0 Å². The van der Waals surface area contributed by atoms with Gasteiger partial charge in [0.25, 0.3) is 11.8 Å². The largest absolute Gasteiger partial charge is 0.371 e. The Labute approximate surface area is 151 Å². The summed E-state index contributed by atoms with van der Waals surface area (Å²) in [7, 11) is -3.61. The third kappa shape index (κ3) is 2.59. The van der Waals surface area contributed by atoms with Crippen molar-refractivity contribution >= 4 is 33.0 Å². The molecule has 0 saturated carbocycles. The standard InChI is InChI=1S/C19H18N2O4S/c1-26(24,25)17-9-8-13(20-10-4-5-11-20)12-16(17)21-18(22)14-6-2-3-7-15(14)19(21)23/h2-3,6-9,12H,4-5,10-11H2,1H3. The second-order valence-electron chi connectivity index (χ2n) is 6.61. The Balaban J connectivity index is 1.88. The fourth-order valence-electron chi connectivity index (χ4n) is 3.57. The third-order valence-electron chi connectivity index (χ3n) is 4.85. The van der Waals surface area contributed by atoms with Crippen LogP contribution in [0.4, 0.5) is 11.4 Å². The molecule has 0 unspecified atom stereocenters. The van der Waals surface area contributed by atoms with E-state index < -0.39 is 21.7 Å². The molecule has 1 fully saturated rings. The van der Waals surface area contributed by atoms with Crippen LogP contribution < -0.4 is 9.80 Å². The fourth-order valence-corrected chi connectivity index (χ4v) is 4.42. The summed E-state index contributed by atoms with van der Waals surface area (Å²) in [6.45, 7) is 1.75. The van der Waals surface area contributed by atoms with Gasteiger partial charge in [-0.1, -0.05) is 12.1 Å². The summed E-state index contributed by atoms with van der Waals surface area (Å²) in [5.41, 5.74) is 1.54. The quantitative estimate of drug-likeness (QED) is 0.776. The van der Waals surface area contributed by atoms with Crippen LogP contribution in [0, 0.1) is 0 Å². The van der Waals surface area contributed by atoms with Crippen LogP contribution in [0.2, 0.25) is 0 Å². The molecule has 2 aliphatic heterocycles. The molecule has 2 aliphatic rings. The number of sulfone groups is 1. The van der Waals surface area contributed by atoms with Gasteiger partial charge < -0.3 is 4.90 Å². The number of hydrogen-bond donors (Lipinski definition) is 0. The van der Waals surface area contributed by atoms with E-state index in [4.69, 9.17) is 0 Å². The Hall–Kier alpha value is -2.67. The van der Waals surface area contributed by atoms with Crippen LogP contribution in [0.25, 0.3) is 0 Å². The first kappa shape index (κ1) is 16.8. The molecule has 0 aromatic heterocycles. The average molecular weight is 370 g/mol. The second-order valence-corrected chi connectivity index (χ2v) is 8.59. The Morgan fingerprint density at radius 2 is 1.46 bits per heavy atom. The molecule has 0 N–H and O–H groups in total. The molecule has 26 heavy (non-hydrogen) atoms. The van der Waals surface area contributed by atoms with Gasteiger partial charge in [0.05, 0.1) is 21.7 Å². The van der Waals surface area contributed by atoms with E-state index in [-0.39, 0.29) is 10.6 Å². The predicted octanol–water partition coefficient (Wildman–Crippen LogP) is 2.49. The Morgan fingerprint density at radius 3 is 2.00 bits per heavy atom. The van der Waals surface area contributed by atoms with Crippen molar-refractivity contribution < 1.29 is 18.0 Å². The average Bonchev–Trinajstić information content (AvgIpc) is 3.22. The SMILES string of the molecule is CS(=O)(=O)c1ccc(N2CCCC2)cc1N1C(=O)c2ccccc2C1=O. The van der Waals surface area contributed by atoms with Crippen LogP contribution in [0.15, 0.2) is 47.4 Å². The number of rotatable bonds is 3. The zero-order chi connectivity index (χ0) is 18.5. The summed E-state index contributed by atoms with van der Waals surface area (Å²) >= 11 is 0. The van der Waals surface area contributed by atoms with Gasteiger partial charge in [-0.2, -0.15) is 0 Å². The van der Waals surface area contributed by atoms with Gasteiger partial charge in [-0.3, -0.25) is 9.59 Å². The van der Waals surface area contributed by atoms with Crippen molar-refractivity contribution in [2.24, 2.45) is 0 Å². The minimum absolute atomic E-state index is 0.0186. The number of nitrogens with zero attached hydrogens (tertiary/aromatic N) is 2. The van der Waals surface area contributed by atoms with Crippen molar-refractivity contribution in [3.8, 4) is 0 Å². The number of anilines is 2. The van der Waals surface area contributed by atoms with E-state index in [2.05, 4.69) is 4.90 Å². The van der Waals surface area contributed by atoms with Crippen molar-refractivity contribution in [1.29, 1.82) is 0 Å². The molecule has 2 amide bonds. The van der Waals surface area contributed by atoms with E-state index in [1.165, 1.54) is 6.07 Å². The molecule has 6 nitrogen and oxygen atoms in total. The number of carbonyl (C=O) groups is 2. The molecule has 2 aromatic carbocycles. The van der Waals surface area contributed by atoms with Crippen LogP contribution in [0.3, 0.4) is 0 Å². The lowest BCUT2D eigenvalue weighted by Gasteiger charge is -2.23. The van der Waals surface area contributed by atoms with Gasteiger partial charge in [-0.05, 0) is 43.2 Å². The summed E-state index contributed by atoms with van der Waals surface area (Å²) in [4.78, 5) is 28.7. The first-order valence-electron chi connectivity index (χ1n) is 8.45. The molecule has 4 rings (SSSR count). The van der Waals surface area contributed by atoms with Crippen LogP contribution in [-0.2, 0) is 9.84 Å². The molecule has 2 heterocycles. The van der Waals surface area contributed by atoms with Crippen molar-refractivity contribution in [1.82, 2.24) is 0 Å². The fraction of sp³-hybridized carbons (Fsp3) is 0.263. The second kappa shape index (κ2) is 5.95. The monoisotopic (exact) mass is 370 g/mol. The topological polar surface area (TPSA) is 74.8 Å². The number of amides is 2. The maximum absolute atomic E-state index is 12.8. The summed E-state index contributed by atoms with van der Waals surface area (Å²) < 4.78 is 24.5. The van der Waals surface area contributed by atoms with Crippen molar-refractivity contribution in [2.75, 3.05) is 29.1 Å². The van der Waals surface area contributed by atoms with Crippen LogP contribution in [-0.4, -0.2) is 39.6 Å². The minimum atomic E-state index is -3.61. The maximum Gasteiger partial charge on any atom is 0.266 e. The van der Waals surface area contributed by atoms with E-state index in [0.717, 1.165) is 42.8 Å². The number of fused-ring (bicyclic) bond motifs is 1. The molecule has 0 spiro atoms. The Bertz CT molecular complexity index is 989. The maximum atomic E-state index is 12.8. The van der Waals surface area contributed by atoms with Gasteiger partial charge >= 0.3 is 0 Å². The van der Waals surface area contributed by atoms with E-state index in [9.17, 15) is 18.0 Å². The van der Waals surface area contributed by atoms with Crippen molar-refractivity contribution in [3.05, 3.63) is 53.6 Å². The molecule has 0 aliphatic carbocycles. The molecule has 0 atom stereocenters. The number of hydrogen-bond acceptors (Lipinski definition) is 5. The first-order valence-corrected chi connectivity index (χ1v) is 10.3. The summed E-state index contributed by atoms with van der Waals surface area (Å²) in [6, 6.07) is 11.4. The Morgan fingerprint density at radius 1 is 0.885 bits per heavy atom. The van der Waals surface area contributed by atoms with E-state index in [0.29, 0.717) is 11.1 Å². The molecular formula is C19H18N2O4S. The summed E-state index contributed by atoms with van der Waals surface area (Å²) in [5.74, 6) is -0.983. The molecular weight excluding hydrogens is 352 g/mol. The summed E-state index contributed by atoms with van der Waals surface area (Å²) in [5, 5.41) is 0. The highest BCUT2D eigenvalue weighted by molar-refractivity contribution is 7.90. The highest BCUT2D eigenvalue weighted by Crippen LogP contribution is 2.36. The molecule has 2 aromatic rings. The molecule has 0 radical (unpaired) electrons. The number of imide groups is 1. The van der Waals surface area contributed by atoms with E-state index >= 15 is 0 Å². The lowest BCUT2D eigenvalue weighted by molar-refractivity contribution is 0.0925. The molecule has 134 valence electrons. The predicted molar refractivity (Wildman–Crippen MR) is 98.6 cm³/mol. The molecule has 1 saturated heterocycles. The first-order chi connectivity index (χ1) is 12.4. The number of benzene rings is 2. The van der Waals surface area contributed by atoms with Crippen LogP contribution in [0.5, 0.6) is 0 Å². The lowest BCUT2D eigenvalue weighted by atomic mass is 10.1. The zero-order valence-corrected chi connectivity index (χ0v) is 15.1. The van der Waals surface area contributed by atoms with Gasteiger partial charge in [-0.25, -0.2) is 13.3 Å². The van der Waals surface area contributed by atoms with Crippen molar-refractivity contribution in [3.63, 3.8) is 0 Å². The molecule has 0 bridgehead atoms. The van der Waals surface area contributed by atoms with E-state index in [1.54, 1.807) is 36.4 Å². The lowest BCUT2D eigenvalue weighted by Crippen LogP contribution is -2.31. The van der Waals surface area contributed by atoms with E-state index in [1.807, 2.05) is 0 Å². The van der Waals surface area contributed by atoms with Gasteiger partial charge in [-0.15, -0.1) is 0 Å². The highest BCUT2D eigenvalue weighted by Gasteiger charge is 2.38. The van der Waals surface area contributed by atoms with Crippen molar-refractivity contribution in [2.45, 2.75) is 17.7 Å². The van der Waals surface area contributed by atoms with Crippen LogP contribution in [0.1, 0.15) is 33.6 Å². The van der Waals surface area contributed by atoms with Gasteiger partial charge in [0.2, 0.25) is 0 Å². The minimum Gasteiger partial charge on any atom is -0.371 e. The Kier molecular flexibility index (Phi) is 3.84. The number of carbonyl (C=O) groups excluding carboxylic acids is 2. The molecule has 7 heteroatoms. The smallest absolute Gasteiger partial charge is 0.266 e. The van der Waals surface area contributed by atoms with Gasteiger partial charge in [0.1, 0.15) is 0 Å². The third-order valence-corrected chi connectivity index (χ3v) is 5.99. The highest BCUT2D eigenvalue weighted by atomic mass is 32.2. The van der Waals surface area contributed by atoms with Crippen LogP contribution >= 0.6 is 0 Å². The van der Waals surface area contributed by atoms with Gasteiger partial charge in [0.15, 0.2) is 9.84 Å². The summed E-state index contributed by atoms with van der Waals surface area (Å²) in [6.07, 6.45) is 3.21.